The Morgan fingerprint density at radius 2 is 1.88 bits per heavy atom. The van der Waals surface area contributed by atoms with E-state index in [0.717, 1.165) is 12.3 Å². The van der Waals surface area contributed by atoms with Gasteiger partial charge in [-0.2, -0.15) is 13.2 Å². The summed E-state index contributed by atoms with van der Waals surface area (Å²) in [7, 11) is 0. The third-order valence-electron chi connectivity index (χ3n) is 4.43. The van der Waals surface area contributed by atoms with E-state index in [2.05, 4.69) is 15.0 Å². The predicted molar refractivity (Wildman–Crippen MR) is 105 cm³/mol. The molecule has 2 amide bonds. The Bertz CT molecular complexity index is 995. The standard InChI is InChI=1S/C20H18ClF4N3O4/c1-19(27-17(29)8-31-12-2-4-15(22)14(21)6-12)9-28(10-19)18(30)16-5-3-13(7-26-16)32-11-20(23,24)25/h2-7H,8-11H2,1H3,(H,27,29). The lowest BCUT2D eigenvalue weighted by Crippen LogP contribution is -2.70. The number of benzene rings is 1. The first-order valence-electron chi connectivity index (χ1n) is 9.28. The number of nitrogens with one attached hydrogen (secondary N) is 1. The highest BCUT2D eigenvalue weighted by molar-refractivity contribution is 6.30. The molecule has 0 aliphatic carbocycles. The lowest BCUT2D eigenvalue weighted by atomic mass is 9.91. The molecule has 12 heteroatoms. The fourth-order valence-corrected chi connectivity index (χ4v) is 3.20. The maximum absolute atomic E-state index is 13.1. The van der Waals surface area contributed by atoms with Crippen LogP contribution in [-0.2, 0) is 4.79 Å². The number of carbonyl (C=O) groups excluding carboxylic acids is 2. The van der Waals surface area contributed by atoms with Gasteiger partial charge in [0.1, 0.15) is 23.0 Å². The van der Waals surface area contributed by atoms with Crippen molar-refractivity contribution in [3.8, 4) is 11.5 Å². The lowest BCUT2D eigenvalue weighted by Gasteiger charge is -2.48. The van der Waals surface area contributed by atoms with Crippen LogP contribution < -0.4 is 14.8 Å². The largest absolute Gasteiger partial charge is 0.484 e. The van der Waals surface area contributed by atoms with Crippen molar-refractivity contribution in [3.05, 3.63) is 53.1 Å². The third-order valence-corrected chi connectivity index (χ3v) is 4.72. The third kappa shape index (κ3) is 6.22. The van der Waals surface area contributed by atoms with Gasteiger partial charge in [0.15, 0.2) is 13.2 Å². The molecular weight excluding hydrogens is 458 g/mol. The van der Waals surface area contributed by atoms with Gasteiger partial charge in [-0.15, -0.1) is 0 Å². The van der Waals surface area contributed by atoms with Gasteiger partial charge in [0.2, 0.25) is 0 Å². The van der Waals surface area contributed by atoms with Crippen molar-refractivity contribution in [1.29, 1.82) is 0 Å². The van der Waals surface area contributed by atoms with Gasteiger partial charge < -0.3 is 19.7 Å². The molecule has 1 fully saturated rings. The van der Waals surface area contributed by atoms with Crippen LogP contribution in [0, 0.1) is 5.82 Å². The lowest BCUT2D eigenvalue weighted by molar-refractivity contribution is -0.153. The molecule has 2 heterocycles. The summed E-state index contributed by atoms with van der Waals surface area (Å²) >= 11 is 5.66. The first kappa shape index (κ1) is 23.6. The second kappa shape index (κ2) is 9.19. The van der Waals surface area contributed by atoms with Crippen molar-refractivity contribution in [2.45, 2.75) is 18.6 Å². The molecule has 0 unspecified atom stereocenters. The van der Waals surface area contributed by atoms with E-state index in [9.17, 15) is 27.2 Å². The molecule has 32 heavy (non-hydrogen) atoms. The normalized spacial score (nSPS) is 15.0. The number of rotatable bonds is 7. The van der Waals surface area contributed by atoms with Crippen LogP contribution in [0.25, 0.3) is 0 Å². The summed E-state index contributed by atoms with van der Waals surface area (Å²) in [5, 5.41) is 2.63. The first-order valence-corrected chi connectivity index (χ1v) is 9.66. The Kier molecular flexibility index (Phi) is 6.77. The Hall–Kier alpha value is -3.08. The van der Waals surface area contributed by atoms with Crippen molar-refractivity contribution >= 4 is 23.4 Å². The van der Waals surface area contributed by atoms with Crippen molar-refractivity contribution in [1.82, 2.24) is 15.2 Å². The van der Waals surface area contributed by atoms with E-state index in [1.807, 2.05) is 0 Å². The zero-order valence-electron chi connectivity index (χ0n) is 16.7. The van der Waals surface area contributed by atoms with Crippen LogP contribution >= 0.6 is 11.6 Å². The zero-order chi connectivity index (χ0) is 23.5. The number of pyridine rings is 1. The molecule has 0 radical (unpaired) electrons. The molecule has 1 N–H and O–H groups in total. The molecule has 7 nitrogen and oxygen atoms in total. The van der Waals surface area contributed by atoms with E-state index in [1.165, 1.54) is 29.2 Å². The average molecular weight is 476 g/mol. The number of hydrogen-bond acceptors (Lipinski definition) is 5. The smallest absolute Gasteiger partial charge is 0.422 e. The minimum atomic E-state index is -4.47. The van der Waals surface area contributed by atoms with Crippen molar-refractivity contribution in [2.24, 2.45) is 0 Å². The maximum Gasteiger partial charge on any atom is 0.422 e. The molecule has 0 bridgehead atoms. The van der Waals surface area contributed by atoms with Crippen LogP contribution in [0.3, 0.4) is 0 Å². The van der Waals surface area contributed by atoms with Gasteiger partial charge in [0.05, 0.1) is 16.8 Å². The molecule has 2 aromatic rings. The van der Waals surface area contributed by atoms with Gasteiger partial charge >= 0.3 is 6.18 Å². The zero-order valence-corrected chi connectivity index (χ0v) is 17.5. The molecule has 3 rings (SSSR count). The Morgan fingerprint density at radius 3 is 2.47 bits per heavy atom. The van der Waals surface area contributed by atoms with Gasteiger partial charge in [0, 0.05) is 19.2 Å². The Balaban J connectivity index is 1.45. The number of halogens is 5. The van der Waals surface area contributed by atoms with Crippen LogP contribution in [0.15, 0.2) is 36.5 Å². The molecule has 0 atom stereocenters. The quantitative estimate of drug-likeness (QED) is 0.622. The van der Waals surface area contributed by atoms with E-state index >= 15 is 0 Å². The molecule has 1 aromatic carbocycles. The maximum atomic E-state index is 13.1. The minimum Gasteiger partial charge on any atom is -0.484 e. The van der Waals surface area contributed by atoms with E-state index in [0.29, 0.717) is 0 Å². The molecule has 1 saturated heterocycles. The number of aromatic nitrogens is 1. The van der Waals surface area contributed by atoms with E-state index in [1.54, 1.807) is 6.92 Å². The summed E-state index contributed by atoms with van der Waals surface area (Å²) in [6.07, 6.45) is -3.43. The monoisotopic (exact) mass is 475 g/mol. The van der Waals surface area contributed by atoms with Gasteiger partial charge in [-0.3, -0.25) is 9.59 Å². The number of ether oxygens (including phenoxy) is 2. The number of carbonyl (C=O) groups is 2. The summed E-state index contributed by atoms with van der Waals surface area (Å²) < 4.78 is 59.5. The first-order chi connectivity index (χ1) is 14.9. The highest BCUT2D eigenvalue weighted by atomic mass is 35.5. The van der Waals surface area contributed by atoms with Gasteiger partial charge in [0.25, 0.3) is 11.8 Å². The van der Waals surface area contributed by atoms with Gasteiger partial charge in [-0.05, 0) is 31.2 Å². The fourth-order valence-electron chi connectivity index (χ4n) is 3.03. The number of likely N-dealkylation sites (tertiary alicyclic amines) is 1. The molecule has 0 spiro atoms. The summed E-state index contributed by atoms with van der Waals surface area (Å²) in [5.74, 6) is -1.35. The topological polar surface area (TPSA) is 80.8 Å². The SMILES string of the molecule is CC1(NC(=O)COc2ccc(F)c(Cl)c2)CN(C(=O)c2ccc(OCC(F)(F)F)cn2)C1. The molecule has 172 valence electrons. The molecule has 1 aliphatic rings. The molecule has 1 aromatic heterocycles. The van der Waals surface area contributed by atoms with Gasteiger partial charge in [-0.1, -0.05) is 11.6 Å². The van der Waals surface area contributed by atoms with Gasteiger partial charge in [-0.25, -0.2) is 9.37 Å². The molecule has 1 aliphatic heterocycles. The second-order valence-corrected chi connectivity index (χ2v) is 7.82. The number of amides is 2. The average Bonchev–Trinajstić information content (AvgIpc) is 2.70. The fraction of sp³-hybridized carbons (Fsp3) is 0.350. The highest BCUT2D eigenvalue weighted by Gasteiger charge is 2.43. The predicted octanol–water partition coefficient (Wildman–Crippen LogP) is 3.22. The second-order valence-electron chi connectivity index (χ2n) is 7.42. The van der Waals surface area contributed by atoms with Crippen molar-refractivity contribution in [3.63, 3.8) is 0 Å². The summed E-state index contributed by atoms with van der Waals surface area (Å²) in [6.45, 7) is 0.364. The summed E-state index contributed by atoms with van der Waals surface area (Å²) in [6, 6.07) is 6.21. The van der Waals surface area contributed by atoms with E-state index < -0.39 is 36.0 Å². The van der Waals surface area contributed by atoms with Crippen molar-refractivity contribution < 1.29 is 36.6 Å². The number of nitrogens with zero attached hydrogens (tertiary/aromatic N) is 2. The Morgan fingerprint density at radius 1 is 1.19 bits per heavy atom. The molecule has 0 saturated carbocycles. The Labute approximate surface area is 185 Å². The molecular formula is C20H18ClF4N3O4. The van der Waals surface area contributed by atoms with Crippen LogP contribution in [0.5, 0.6) is 11.5 Å². The van der Waals surface area contributed by atoms with E-state index in [4.69, 9.17) is 16.3 Å². The summed E-state index contributed by atoms with van der Waals surface area (Å²) in [5.41, 5.74) is -0.652. The van der Waals surface area contributed by atoms with Crippen LogP contribution in [0.2, 0.25) is 5.02 Å². The van der Waals surface area contributed by atoms with E-state index in [-0.39, 0.29) is 41.9 Å². The number of hydrogen-bond donors (Lipinski definition) is 1. The van der Waals surface area contributed by atoms with Crippen molar-refractivity contribution in [2.75, 3.05) is 26.3 Å². The number of alkyl halides is 3. The van der Waals surface area contributed by atoms with Crippen LogP contribution in [0.1, 0.15) is 17.4 Å². The summed E-state index contributed by atoms with van der Waals surface area (Å²) in [4.78, 5) is 29.9. The highest BCUT2D eigenvalue weighted by Crippen LogP contribution is 2.24. The van der Waals surface area contributed by atoms with Crippen LogP contribution in [0.4, 0.5) is 17.6 Å². The minimum absolute atomic E-state index is 0.0363. The van der Waals surface area contributed by atoms with Crippen LogP contribution in [-0.4, -0.2) is 59.7 Å².